The van der Waals surface area contributed by atoms with Crippen LogP contribution in [0.2, 0.25) is 0 Å². The summed E-state index contributed by atoms with van der Waals surface area (Å²) in [4.78, 5) is 52.5. The first kappa shape index (κ1) is 32.1. The Hall–Kier alpha value is -2.80. The molecule has 2 unspecified atom stereocenters. The normalized spacial score (nSPS) is 21.8. The molecular formula is C28H30Cl2F3N5O3S. The molecule has 3 fully saturated rings. The second kappa shape index (κ2) is 11.0. The number of pyridine rings is 2. The van der Waals surface area contributed by atoms with Gasteiger partial charge in [-0.15, -0.1) is 36.2 Å². The number of imide groups is 1. The Morgan fingerprint density at radius 1 is 1.05 bits per heavy atom. The molecule has 2 saturated heterocycles. The molecule has 226 valence electrons. The number of carbonyl (C=O) groups is 3. The minimum Gasteiger partial charge on any atom is -0.336 e. The third-order valence-corrected chi connectivity index (χ3v) is 9.56. The molecule has 0 aromatic carbocycles. The van der Waals surface area contributed by atoms with Crippen LogP contribution in [-0.4, -0.2) is 69.1 Å². The van der Waals surface area contributed by atoms with Crippen molar-refractivity contribution in [2.24, 2.45) is 17.3 Å². The SMILES string of the molecule is Cc1cc(C(F)(F)F)nc(-c2ccnc3cc(CN4C(=O)C5C(C4=O)C5(C)C)sc23)c1CN1CCN(C)CC1=O.Cl.Cl. The maximum absolute atomic E-state index is 13.9. The first-order chi connectivity index (χ1) is 18.8. The molecule has 0 bridgehead atoms. The van der Waals surface area contributed by atoms with Crippen LogP contribution in [0.4, 0.5) is 13.2 Å². The van der Waals surface area contributed by atoms with Gasteiger partial charge in [0, 0.05) is 41.8 Å². The smallest absolute Gasteiger partial charge is 0.336 e. The number of fused-ring (bicyclic) bond motifs is 2. The highest BCUT2D eigenvalue weighted by molar-refractivity contribution is 7.19. The molecule has 1 saturated carbocycles. The lowest BCUT2D eigenvalue weighted by Gasteiger charge is -2.33. The van der Waals surface area contributed by atoms with Gasteiger partial charge in [0.15, 0.2) is 0 Å². The first-order valence-corrected chi connectivity index (χ1v) is 13.9. The lowest BCUT2D eigenvalue weighted by molar-refractivity contribution is -0.144. The van der Waals surface area contributed by atoms with Crippen molar-refractivity contribution >= 4 is 64.1 Å². The Balaban J connectivity index is 0.00000202. The number of thiophene rings is 1. The molecule has 14 heteroatoms. The van der Waals surface area contributed by atoms with Gasteiger partial charge in [0.05, 0.1) is 40.8 Å². The maximum Gasteiger partial charge on any atom is 0.433 e. The summed E-state index contributed by atoms with van der Waals surface area (Å²) in [7, 11) is 1.85. The summed E-state index contributed by atoms with van der Waals surface area (Å²) in [6.45, 7) is 7.03. The average molecular weight is 645 g/mol. The van der Waals surface area contributed by atoms with E-state index in [2.05, 4.69) is 9.97 Å². The lowest BCUT2D eigenvalue weighted by atomic mass is 9.99. The standard InChI is InChI=1S/C28H28F3N5O3S.2ClH/c1-14-9-19(28(29,30)31)33-23(17(14)12-35-8-7-34(4)13-20(35)37)16-5-6-32-18-10-15(40-24(16)18)11-36-25(38)21-22(26(36)39)27(21,2)3;;/h5-6,9-10,21-22H,7-8,11-13H2,1-4H3;2*1H. The minimum atomic E-state index is -4.65. The van der Waals surface area contributed by atoms with Crippen LogP contribution in [0.15, 0.2) is 24.4 Å². The number of halogens is 5. The molecule has 2 atom stereocenters. The number of piperazine rings is 1. The van der Waals surface area contributed by atoms with Crippen LogP contribution in [0.5, 0.6) is 0 Å². The summed E-state index contributed by atoms with van der Waals surface area (Å²) in [5, 5.41) is 0. The molecule has 3 amide bonds. The Morgan fingerprint density at radius 3 is 2.33 bits per heavy atom. The van der Waals surface area contributed by atoms with E-state index in [4.69, 9.17) is 0 Å². The van der Waals surface area contributed by atoms with Crippen molar-refractivity contribution < 1.29 is 27.6 Å². The maximum atomic E-state index is 13.9. The summed E-state index contributed by atoms with van der Waals surface area (Å²) in [6, 6.07) is 4.42. The van der Waals surface area contributed by atoms with E-state index in [0.29, 0.717) is 44.9 Å². The summed E-state index contributed by atoms with van der Waals surface area (Å²) < 4.78 is 42.2. The summed E-state index contributed by atoms with van der Waals surface area (Å²) in [6.07, 6.45) is -3.14. The van der Waals surface area contributed by atoms with Crippen LogP contribution in [0.25, 0.3) is 21.5 Å². The summed E-state index contributed by atoms with van der Waals surface area (Å²) in [5.74, 6) is -1.04. The Bertz CT molecular complexity index is 1570. The van der Waals surface area contributed by atoms with Crippen LogP contribution in [0.1, 0.15) is 35.5 Å². The fourth-order valence-corrected chi connectivity index (χ4v) is 7.14. The van der Waals surface area contributed by atoms with Gasteiger partial charge in [-0.2, -0.15) is 13.2 Å². The number of nitrogens with zero attached hydrogens (tertiary/aromatic N) is 5. The number of likely N-dealkylation sites (tertiary alicyclic amines) is 1. The number of rotatable bonds is 5. The third-order valence-electron chi connectivity index (χ3n) is 8.42. The predicted octanol–water partition coefficient (Wildman–Crippen LogP) is 4.94. The van der Waals surface area contributed by atoms with Crippen LogP contribution in [-0.2, 0) is 33.6 Å². The number of likely N-dealkylation sites (N-methyl/N-ethyl adjacent to an activating group) is 1. The molecule has 3 aliphatic rings. The number of piperidine rings is 1. The number of amides is 3. The molecular weight excluding hydrogens is 614 g/mol. The van der Waals surface area contributed by atoms with Gasteiger partial charge in [-0.1, -0.05) is 13.8 Å². The summed E-state index contributed by atoms with van der Waals surface area (Å²) >= 11 is 1.28. The van der Waals surface area contributed by atoms with Crippen LogP contribution in [0.3, 0.4) is 0 Å². The van der Waals surface area contributed by atoms with Crippen LogP contribution < -0.4 is 0 Å². The molecule has 6 rings (SSSR count). The van der Waals surface area contributed by atoms with Gasteiger partial charge in [0.2, 0.25) is 17.7 Å². The minimum absolute atomic E-state index is 0. The molecule has 3 aromatic rings. The van der Waals surface area contributed by atoms with Gasteiger partial charge in [0.25, 0.3) is 0 Å². The van der Waals surface area contributed by atoms with E-state index in [1.54, 1.807) is 24.0 Å². The van der Waals surface area contributed by atoms with Gasteiger partial charge >= 0.3 is 6.18 Å². The summed E-state index contributed by atoms with van der Waals surface area (Å²) in [5.41, 5.74) is 0.771. The fraction of sp³-hybridized carbons (Fsp3) is 0.464. The highest BCUT2D eigenvalue weighted by Crippen LogP contribution is 2.63. The molecule has 42 heavy (non-hydrogen) atoms. The van der Waals surface area contributed by atoms with Crippen molar-refractivity contribution in [3.05, 3.63) is 46.1 Å². The van der Waals surface area contributed by atoms with E-state index in [1.165, 1.54) is 22.4 Å². The van der Waals surface area contributed by atoms with Gasteiger partial charge in [-0.25, -0.2) is 4.98 Å². The second-order valence-corrected chi connectivity index (χ2v) is 12.7. The molecule has 0 radical (unpaired) electrons. The zero-order valence-corrected chi connectivity index (χ0v) is 25.8. The van der Waals surface area contributed by atoms with E-state index in [0.717, 1.165) is 6.07 Å². The van der Waals surface area contributed by atoms with Crippen molar-refractivity contribution in [1.29, 1.82) is 0 Å². The highest BCUT2D eigenvalue weighted by atomic mass is 35.5. The topological polar surface area (TPSA) is 86.7 Å². The number of carbonyl (C=O) groups excluding carboxylic acids is 3. The van der Waals surface area contributed by atoms with E-state index < -0.39 is 11.9 Å². The van der Waals surface area contributed by atoms with Crippen LogP contribution in [0, 0.1) is 24.2 Å². The molecule has 3 aromatic heterocycles. The number of aromatic nitrogens is 2. The Morgan fingerprint density at radius 2 is 1.71 bits per heavy atom. The molecule has 0 spiro atoms. The van der Waals surface area contributed by atoms with Crippen molar-refractivity contribution in [2.45, 2.75) is 40.0 Å². The van der Waals surface area contributed by atoms with Crippen molar-refractivity contribution in [3.63, 3.8) is 0 Å². The van der Waals surface area contributed by atoms with E-state index in [-0.39, 0.29) is 85.1 Å². The number of hydrogen-bond acceptors (Lipinski definition) is 7. The molecule has 2 aliphatic heterocycles. The molecule has 5 heterocycles. The third kappa shape index (κ3) is 5.27. The monoisotopic (exact) mass is 643 g/mol. The molecule has 0 N–H and O–H groups in total. The number of aryl methyl sites for hydroxylation is 1. The van der Waals surface area contributed by atoms with Gasteiger partial charge in [-0.05, 0) is 43.1 Å². The van der Waals surface area contributed by atoms with Gasteiger partial charge in [-0.3, -0.25) is 29.2 Å². The molecule has 1 aliphatic carbocycles. The average Bonchev–Trinajstić information content (AvgIpc) is 3.11. The lowest BCUT2D eigenvalue weighted by Crippen LogP contribution is -2.48. The second-order valence-electron chi connectivity index (χ2n) is 11.5. The first-order valence-electron chi connectivity index (χ1n) is 13.0. The molecule has 8 nitrogen and oxygen atoms in total. The number of hydrogen-bond donors (Lipinski definition) is 0. The largest absolute Gasteiger partial charge is 0.433 e. The number of alkyl halides is 3. The van der Waals surface area contributed by atoms with Crippen molar-refractivity contribution in [2.75, 3.05) is 26.7 Å². The predicted molar refractivity (Wildman–Crippen MR) is 156 cm³/mol. The van der Waals surface area contributed by atoms with Crippen molar-refractivity contribution in [3.8, 4) is 11.3 Å². The zero-order valence-electron chi connectivity index (χ0n) is 23.3. The zero-order chi connectivity index (χ0) is 28.7. The fourth-order valence-electron chi connectivity index (χ4n) is 6.02. The van der Waals surface area contributed by atoms with Gasteiger partial charge < -0.3 is 4.90 Å². The van der Waals surface area contributed by atoms with E-state index in [1.807, 2.05) is 25.8 Å². The quantitative estimate of drug-likeness (QED) is 0.366. The van der Waals surface area contributed by atoms with E-state index >= 15 is 0 Å². The van der Waals surface area contributed by atoms with E-state index in [9.17, 15) is 27.6 Å². The van der Waals surface area contributed by atoms with Crippen molar-refractivity contribution in [1.82, 2.24) is 24.7 Å². The highest BCUT2D eigenvalue weighted by Gasteiger charge is 2.72. The van der Waals surface area contributed by atoms with Crippen LogP contribution >= 0.6 is 36.2 Å². The Kier molecular flexibility index (Phi) is 8.44. The van der Waals surface area contributed by atoms with Gasteiger partial charge in [0.1, 0.15) is 5.69 Å². The Labute approximate surface area is 257 Å².